The number of unbranched alkanes of at least 4 members (excludes halogenated alkanes) is 5. The van der Waals surface area contributed by atoms with E-state index in [9.17, 15) is 9.90 Å². The predicted octanol–water partition coefficient (Wildman–Crippen LogP) is 3.54. The molecular weight excluding hydrogens is 200 g/mol. The Morgan fingerprint density at radius 3 is 2.44 bits per heavy atom. The van der Waals surface area contributed by atoms with Crippen LogP contribution in [0.2, 0.25) is 0 Å². The van der Waals surface area contributed by atoms with Gasteiger partial charge in [-0.2, -0.15) is 0 Å². The van der Waals surface area contributed by atoms with Gasteiger partial charge in [0.25, 0.3) is 0 Å². The van der Waals surface area contributed by atoms with Crippen LogP contribution in [-0.4, -0.2) is 17.5 Å². The second-order valence-corrected chi connectivity index (χ2v) is 4.25. The van der Waals surface area contributed by atoms with Gasteiger partial charge in [-0.3, -0.25) is 4.79 Å². The molecule has 1 unspecified atom stereocenters. The highest BCUT2D eigenvalue weighted by Crippen LogP contribution is 2.08. The highest BCUT2D eigenvalue weighted by Gasteiger charge is 2.02. The molecule has 93 valence electrons. The van der Waals surface area contributed by atoms with Crippen LogP contribution in [0.25, 0.3) is 0 Å². The first-order chi connectivity index (χ1) is 7.81. The standard InChI is InChI=1S/C14H25O2/c1-2-3-4-5-6-7-8-9-10-11-14(16)12-13-15/h5-6,14,16H,2-4,7-12H2,1H3. The van der Waals surface area contributed by atoms with E-state index >= 15 is 0 Å². The highest BCUT2D eigenvalue weighted by atomic mass is 16.3. The van der Waals surface area contributed by atoms with E-state index in [2.05, 4.69) is 19.1 Å². The minimum atomic E-state index is -0.474. The van der Waals surface area contributed by atoms with E-state index < -0.39 is 6.10 Å². The third-order valence-electron chi connectivity index (χ3n) is 2.62. The summed E-state index contributed by atoms with van der Waals surface area (Å²) in [7, 11) is 0. The molecule has 1 N–H and O–H groups in total. The fourth-order valence-corrected chi connectivity index (χ4v) is 1.57. The maximum atomic E-state index is 9.98. The molecule has 0 aromatic carbocycles. The van der Waals surface area contributed by atoms with Crippen molar-refractivity contribution in [2.75, 3.05) is 0 Å². The van der Waals surface area contributed by atoms with Gasteiger partial charge in [0, 0.05) is 6.42 Å². The molecule has 0 amide bonds. The Balaban J connectivity index is 3.14. The number of carbonyl (C=O) groups excluding carboxylic acids is 1. The minimum absolute atomic E-state index is 0.164. The third-order valence-corrected chi connectivity index (χ3v) is 2.62. The van der Waals surface area contributed by atoms with Gasteiger partial charge in [-0.1, -0.05) is 44.8 Å². The summed E-state index contributed by atoms with van der Waals surface area (Å²) in [6.07, 6.45) is 14.9. The smallest absolute Gasteiger partial charge is 0.201 e. The molecule has 16 heavy (non-hydrogen) atoms. The van der Waals surface area contributed by atoms with E-state index in [1.165, 1.54) is 25.7 Å². The molecule has 0 aliphatic rings. The topological polar surface area (TPSA) is 37.3 Å². The lowest BCUT2D eigenvalue weighted by atomic mass is 10.1. The lowest BCUT2D eigenvalue weighted by Crippen LogP contribution is -2.06. The summed E-state index contributed by atoms with van der Waals surface area (Å²) in [5.41, 5.74) is 0. The summed E-state index contributed by atoms with van der Waals surface area (Å²) in [4.78, 5) is 9.98. The van der Waals surface area contributed by atoms with Gasteiger partial charge in [-0.15, -0.1) is 0 Å². The lowest BCUT2D eigenvalue weighted by Gasteiger charge is -2.04. The second kappa shape index (κ2) is 12.4. The molecule has 1 radical (unpaired) electrons. The van der Waals surface area contributed by atoms with Crippen molar-refractivity contribution in [1.29, 1.82) is 0 Å². The van der Waals surface area contributed by atoms with Crippen LogP contribution < -0.4 is 0 Å². The van der Waals surface area contributed by atoms with Crippen LogP contribution in [0.15, 0.2) is 12.2 Å². The van der Waals surface area contributed by atoms with Crippen molar-refractivity contribution in [3.63, 3.8) is 0 Å². The van der Waals surface area contributed by atoms with Gasteiger partial charge in [0.2, 0.25) is 6.29 Å². The minimum Gasteiger partial charge on any atom is -0.393 e. The predicted molar refractivity (Wildman–Crippen MR) is 68.1 cm³/mol. The Morgan fingerprint density at radius 1 is 1.12 bits per heavy atom. The molecule has 0 aliphatic heterocycles. The Morgan fingerprint density at radius 2 is 1.81 bits per heavy atom. The summed E-state index contributed by atoms with van der Waals surface area (Å²) in [5, 5.41) is 9.27. The quantitative estimate of drug-likeness (QED) is 0.431. The summed E-state index contributed by atoms with van der Waals surface area (Å²) in [5.74, 6) is 0. The van der Waals surface area contributed by atoms with Gasteiger partial charge in [0.15, 0.2) is 0 Å². The fraction of sp³-hybridized carbons (Fsp3) is 0.786. The molecule has 2 nitrogen and oxygen atoms in total. The summed E-state index contributed by atoms with van der Waals surface area (Å²) >= 11 is 0. The largest absolute Gasteiger partial charge is 0.393 e. The van der Waals surface area contributed by atoms with Crippen LogP contribution in [0, 0.1) is 0 Å². The SMILES string of the molecule is CCCCC=CCCCCCC(O)C[C]=O. The molecule has 1 atom stereocenters. The van der Waals surface area contributed by atoms with Crippen LogP contribution in [0.4, 0.5) is 0 Å². The zero-order valence-corrected chi connectivity index (χ0v) is 10.5. The van der Waals surface area contributed by atoms with Crippen molar-refractivity contribution >= 4 is 6.29 Å². The van der Waals surface area contributed by atoms with Crippen LogP contribution in [0.1, 0.15) is 64.7 Å². The van der Waals surface area contributed by atoms with Gasteiger partial charge in [-0.25, -0.2) is 0 Å². The second-order valence-electron chi connectivity index (χ2n) is 4.25. The van der Waals surface area contributed by atoms with Gasteiger partial charge < -0.3 is 5.11 Å². The average Bonchev–Trinajstić information content (AvgIpc) is 2.27. The number of aliphatic hydroxyl groups excluding tert-OH is 1. The molecule has 0 rings (SSSR count). The van der Waals surface area contributed by atoms with Crippen molar-refractivity contribution in [1.82, 2.24) is 0 Å². The fourth-order valence-electron chi connectivity index (χ4n) is 1.57. The molecule has 0 spiro atoms. The number of hydrogen-bond donors (Lipinski definition) is 1. The van der Waals surface area contributed by atoms with Crippen LogP contribution in [0.3, 0.4) is 0 Å². The normalized spacial score (nSPS) is 13.1. The Bertz CT molecular complexity index is 176. The van der Waals surface area contributed by atoms with Crippen molar-refractivity contribution in [3.05, 3.63) is 12.2 Å². The van der Waals surface area contributed by atoms with Crippen molar-refractivity contribution < 1.29 is 9.90 Å². The monoisotopic (exact) mass is 225 g/mol. The molecule has 0 heterocycles. The Labute approximate surface area is 99.7 Å². The first-order valence-corrected chi connectivity index (χ1v) is 6.49. The Kier molecular flexibility index (Phi) is 11.9. The molecule has 0 aromatic rings. The molecule has 0 aliphatic carbocycles. The molecule has 0 bridgehead atoms. The van der Waals surface area contributed by atoms with Crippen molar-refractivity contribution in [3.8, 4) is 0 Å². The van der Waals surface area contributed by atoms with Crippen LogP contribution >= 0.6 is 0 Å². The average molecular weight is 225 g/mol. The van der Waals surface area contributed by atoms with Crippen molar-refractivity contribution in [2.45, 2.75) is 70.8 Å². The van der Waals surface area contributed by atoms with Crippen LogP contribution in [-0.2, 0) is 4.79 Å². The van der Waals surface area contributed by atoms with Gasteiger partial charge in [-0.05, 0) is 25.7 Å². The van der Waals surface area contributed by atoms with E-state index in [-0.39, 0.29) is 6.42 Å². The van der Waals surface area contributed by atoms with E-state index in [4.69, 9.17) is 0 Å². The van der Waals surface area contributed by atoms with E-state index in [0.29, 0.717) is 0 Å². The molecule has 0 saturated heterocycles. The third kappa shape index (κ3) is 11.4. The lowest BCUT2D eigenvalue weighted by molar-refractivity contribution is 0.167. The summed E-state index contributed by atoms with van der Waals surface area (Å²) < 4.78 is 0. The number of rotatable bonds is 11. The first-order valence-electron chi connectivity index (χ1n) is 6.49. The van der Waals surface area contributed by atoms with Crippen molar-refractivity contribution in [2.24, 2.45) is 0 Å². The first kappa shape index (κ1) is 15.4. The van der Waals surface area contributed by atoms with Gasteiger partial charge in [0.05, 0.1) is 6.10 Å². The summed E-state index contributed by atoms with van der Waals surface area (Å²) in [6, 6.07) is 0. The zero-order valence-electron chi connectivity index (χ0n) is 10.5. The zero-order chi connectivity index (χ0) is 12.1. The van der Waals surface area contributed by atoms with E-state index in [1.54, 1.807) is 6.29 Å². The number of hydrogen-bond acceptors (Lipinski definition) is 2. The number of allylic oxidation sites excluding steroid dienone is 2. The van der Waals surface area contributed by atoms with E-state index in [0.717, 1.165) is 25.7 Å². The molecule has 0 fully saturated rings. The van der Waals surface area contributed by atoms with E-state index in [1.807, 2.05) is 0 Å². The Hall–Kier alpha value is -0.630. The maximum Gasteiger partial charge on any atom is 0.201 e. The number of aliphatic hydroxyl groups is 1. The van der Waals surface area contributed by atoms with Gasteiger partial charge >= 0.3 is 0 Å². The van der Waals surface area contributed by atoms with Gasteiger partial charge in [0.1, 0.15) is 0 Å². The van der Waals surface area contributed by atoms with Crippen LogP contribution in [0.5, 0.6) is 0 Å². The maximum absolute atomic E-state index is 9.98. The molecular formula is C14H25O2. The molecule has 2 heteroatoms. The highest BCUT2D eigenvalue weighted by molar-refractivity contribution is 5.51. The summed E-state index contributed by atoms with van der Waals surface area (Å²) in [6.45, 7) is 2.20. The molecule has 0 saturated carbocycles. The molecule has 0 aromatic heterocycles.